The van der Waals surface area contributed by atoms with Gasteiger partial charge in [0.25, 0.3) is 5.91 Å². The minimum absolute atomic E-state index is 0.0447. The molecular formula is C24H27N3O5S. The second-order valence-electron chi connectivity index (χ2n) is 8.36. The van der Waals surface area contributed by atoms with E-state index in [2.05, 4.69) is 16.1 Å². The lowest BCUT2D eigenvalue weighted by Crippen LogP contribution is -2.39. The molecule has 0 saturated heterocycles. The number of carbonyl (C=O) groups excluding carboxylic acids is 1. The number of amides is 1. The summed E-state index contributed by atoms with van der Waals surface area (Å²) >= 11 is 0. The number of hydrogen-bond acceptors (Lipinski definition) is 6. The molecule has 2 aromatic carbocycles. The zero-order valence-electron chi connectivity index (χ0n) is 18.3. The maximum Gasteiger partial charge on any atom is 0.251 e. The lowest BCUT2D eigenvalue weighted by molar-refractivity contribution is 0.0943. The zero-order chi connectivity index (χ0) is 23.3. The Morgan fingerprint density at radius 2 is 1.73 bits per heavy atom. The van der Waals surface area contributed by atoms with Crippen molar-refractivity contribution in [3.63, 3.8) is 0 Å². The van der Waals surface area contributed by atoms with E-state index in [0.29, 0.717) is 25.3 Å². The number of rotatable bonds is 8. The molecule has 0 atom stereocenters. The number of benzene rings is 2. The first-order valence-electron chi connectivity index (χ1n) is 11.1. The molecule has 0 bridgehead atoms. The number of fused-ring (bicyclic) bond motifs is 1. The summed E-state index contributed by atoms with van der Waals surface area (Å²) in [5.41, 5.74) is 1.36. The third kappa shape index (κ3) is 5.13. The molecule has 4 rings (SSSR count). The summed E-state index contributed by atoms with van der Waals surface area (Å²) in [4.78, 5) is 12.9. The summed E-state index contributed by atoms with van der Waals surface area (Å²) in [5, 5.41) is 11.6. The summed E-state index contributed by atoms with van der Waals surface area (Å²) in [6.07, 6.45) is 4.22. The van der Waals surface area contributed by atoms with Gasteiger partial charge in [-0.05, 0) is 54.8 Å². The first kappa shape index (κ1) is 23.1. The summed E-state index contributed by atoms with van der Waals surface area (Å²) in [6, 6.07) is 13.7. The molecule has 0 aromatic heterocycles. The minimum Gasteiger partial charge on any atom is -0.486 e. The highest BCUT2D eigenvalue weighted by Gasteiger charge is 2.37. The van der Waals surface area contributed by atoms with Crippen LogP contribution >= 0.6 is 0 Å². The van der Waals surface area contributed by atoms with E-state index in [1.54, 1.807) is 0 Å². The molecule has 1 aliphatic carbocycles. The van der Waals surface area contributed by atoms with Gasteiger partial charge in [-0.15, -0.1) is 0 Å². The van der Waals surface area contributed by atoms with Crippen LogP contribution in [0.4, 0.5) is 0 Å². The number of carbonyl (C=O) groups is 1. The first-order chi connectivity index (χ1) is 15.9. The molecule has 1 saturated carbocycles. The van der Waals surface area contributed by atoms with Crippen LogP contribution in [0.2, 0.25) is 0 Å². The van der Waals surface area contributed by atoms with Crippen molar-refractivity contribution in [1.29, 1.82) is 5.26 Å². The molecule has 9 heteroatoms. The van der Waals surface area contributed by atoms with Crippen LogP contribution in [0.25, 0.3) is 0 Å². The summed E-state index contributed by atoms with van der Waals surface area (Å²) in [6.45, 7) is 1.60. The lowest BCUT2D eigenvalue weighted by atomic mass is 9.78. The van der Waals surface area contributed by atoms with Crippen LogP contribution in [-0.2, 0) is 15.4 Å². The van der Waals surface area contributed by atoms with Crippen LogP contribution in [0.3, 0.4) is 0 Å². The molecule has 0 unspecified atom stereocenters. The maximum atomic E-state index is 12.8. The smallest absolute Gasteiger partial charge is 0.251 e. The molecule has 174 valence electrons. The monoisotopic (exact) mass is 469 g/mol. The Balaban J connectivity index is 1.44. The van der Waals surface area contributed by atoms with E-state index in [4.69, 9.17) is 14.7 Å². The predicted octanol–water partition coefficient (Wildman–Crippen LogP) is 2.89. The predicted molar refractivity (Wildman–Crippen MR) is 122 cm³/mol. The van der Waals surface area contributed by atoms with Gasteiger partial charge in [0.15, 0.2) is 11.5 Å². The van der Waals surface area contributed by atoms with E-state index < -0.39 is 10.0 Å². The van der Waals surface area contributed by atoms with E-state index in [0.717, 1.165) is 42.7 Å². The molecule has 1 amide bonds. The number of nitrogens with zero attached hydrogens (tertiary/aromatic N) is 1. The molecule has 2 aliphatic rings. The highest BCUT2D eigenvalue weighted by atomic mass is 32.2. The molecule has 1 fully saturated rings. The molecule has 0 radical (unpaired) electrons. The fourth-order valence-corrected chi connectivity index (χ4v) is 5.49. The van der Waals surface area contributed by atoms with Gasteiger partial charge in [0, 0.05) is 30.5 Å². The number of nitriles is 1. The van der Waals surface area contributed by atoms with Crippen LogP contribution in [0.15, 0.2) is 47.4 Å². The first-order valence-corrected chi connectivity index (χ1v) is 12.6. The summed E-state index contributed by atoms with van der Waals surface area (Å²) in [7, 11) is -3.71. The quantitative estimate of drug-likeness (QED) is 0.574. The van der Waals surface area contributed by atoms with Crippen molar-refractivity contribution >= 4 is 15.9 Å². The Morgan fingerprint density at radius 3 is 2.42 bits per heavy atom. The van der Waals surface area contributed by atoms with Crippen molar-refractivity contribution in [2.45, 2.75) is 42.4 Å². The van der Waals surface area contributed by atoms with Gasteiger partial charge in [-0.3, -0.25) is 4.79 Å². The number of ether oxygens (including phenoxy) is 2. The van der Waals surface area contributed by atoms with Gasteiger partial charge in [-0.2, -0.15) is 5.26 Å². The molecule has 33 heavy (non-hydrogen) atoms. The minimum atomic E-state index is -3.71. The third-order valence-electron chi connectivity index (χ3n) is 6.26. The molecular weight excluding hydrogens is 442 g/mol. The highest BCUT2D eigenvalue weighted by molar-refractivity contribution is 7.89. The van der Waals surface area contributed by atoms with Gasteiger partial charge >= 0.3 is 0 Å². The molecule has 1 aliphatic heterocycles. The van der Waals surface area contributed by atoms with Crippen LogP contribution in [0.1, 0.15) is 48.0 Å². The Bertz CT molecular complexity index is 1150. The van der Waals surface area contributed by atoms with Crippen LogP contribution in [-0.4, -0.2) is 40.6 Å². The molecule has 2 aromatic rings. The normalized spacial score (nSPS) is 16.7. The maximum absolute atomic E-state index is 12.8. The average Bonchev–Trinajstić information content (AvgIpc) is 3.33. The van der Waals surface area contributed by atoms with Crippen molar-refractivity contribution in [2.24, 2.45) is 0 Å². The standard InChI is InChI=1S/C24H27N3O5S/c25-12-3-13-27-33(29,30)20-7-4-18(5-8-20)23(28)26-17-24(10-1-2-11-24)19-6-9-21-22(16-19)32-15-14-31-21/h4-9,16,27H,1-3,10-11,13-15,17H2,(H,26,28). The summed E-state index contributed by atoms with van der Waals surface area (Å²) in [5.74, 6) is 1.25. The lowest BCUT2D eigenvalue weighted by Gasteiger charge is -2.31. The van der Waals surface area contributed by atoms with Crippen LogP contribution in [0, 0.1) is 11.3 Å². The Morgan fingerprint density at radius 1 is 1.03 bits per heavy atom. The van der Waals surface area contributed by atoms with Crippen molar-refractivity contribution in [2.75, 3.05) is 26.3 Å². The van der Waals surface area contributed by atoms with Crippen molar-refractivity contribution in [3.05, 3.63) is 53.6 Å². The van der Waals surface area contributed by atoms with Crippen molar-refractivity contribution < 1.29 is 22.7 Å². The van der Waals surface area contributed by atoms with Gasteiger partial charge in [0.1, 0.15) is 13.2 Å². The molecule has 0 spiro atoms. The number of hydrogen-bond donors (Lipinski definition) is 2. The van der Waals surface area contributed by atoms with Crippen LogP contribution in [0.5, 0.6) is 11.5 Å². The molecule has 8 nitrogen and oxygen atoms in total. The fourth-order valence-electron chi connectivity index (χ4n) is 4.45. The van der Waals surface area contributed by atoms with E-state index in [9.17, 15) is 13.2 Å². The fraction of sp³-hybridized carbons (Fsp3) is 0.417. The Labute approximate surface area is 193 Å². The SMILES string of the molecule is N#CCCNS(=O)(=O)c1ccc(C(=O)NCC2(c3ccc4c(c3)OCCO4)CCCC2)cc1. The van der Waals surface area contributed by atoms with Crippen molar-refractivity contribution in [1.82, 2.24) is 10.0 Å². The second kappa shape index (κ2) is 9.81. The van der Waals surface area contributed by atoms with E-state index in [-0.39, 0.29) is 29.2 Å². The topological polar surface area (TPSA) is 118 Å². The molecule has 1 heterocycles. The van der Waals surface area contributed by atoms with E-state index in [1.807, 2.05) is 18.2 Å². The van der Waals surface area contributed by atoms with E-state index in [1.165, 1.54) is 24.3 Å². The Hall–Kier alpha value is -3.09. The van der Waals surface area contributed by atoms with E-state index >= 15 is 0 Å². The number of sulfonamides is 1. The van der Waals surface area contributed by atoms with Gasteiger partial charge < -0.3 is 14.8 Å². The Kier molecular flexibility index (Phi) is 6.86. The van der Waals surface area contributed by atoms with Gasteiger partial charge in [0.05, 0.1) is 11.0 Å². The average molecular weight is 470 g/mol. The summed E-state index contributed by atoms with van der Waals surface area (Å²) < 4.78 is 38.2. The van der Waals surface area contributed by atoms with Gasteiger partial charge in [0.2, 0.25) is 10.0 Å². The third-order valence-corrected chi connectivity index (χ3v) is 7.74. The molecule has 2 N–H and O–H groups in total. The van der Waals surface area contributed by atoms with Crippen molar-refractivity contribution in [3.8, 4) is 17.6 Å². The largest absolute Gasteiger partial charge is 0.486 e. The van der Waals surface area contributed by atoms with Gasteiger partial charge in [-0.1, -0.05) is 18.9 Å². The highest BCUT2D eigenvalue weighted by Crippen LogP contribution is 2.43. The van der Waals surface area contributed by atoms with Gasteiger partial charge in [-0.25, -0.2) is 13.1 Å². The second-order valence-corrected chi connectivity index (χ2v) is 10.1. The van der Waals surface area contributed by atoms with Crippen LogP contribution < -0.4 is 19.5 Å². The zero-order valence-corrected chi connectivity index (χ0v) is 19.1. The number of nitrogens with one attached hydrogen (secondary N) is 2.